The van der Waals surface area contributed by atoms with Crippen molar-refractivity contribution in [2.45, 2.75) is 38.5 Å². The Kier molecular flexibility index (Phi) is 7.84. The largest absolute Gasteiger partial charge is 0.371 e. The average molecular weight is 435 g/mol. The molecule has 1 saturated heterocycles. The van der Waals surface area contributed by atoms with E-state index >= 15 is 0 Å². The number of carbonyl (C=O) groups excluding carboxylic acids is 1. The van der Waals surface area contributed by atoms with Crippen LogP contribution in [0.3, 0.4) is 0 Å². The van der Waals surface area contributed by atoms with Crippen LogP contribution < -0.4 is 10.2 Å². The van der Waals surface area contributed by atoms with Gasteiger partial charge in [-0.05, 0) is 55.5 Å². The van der Waals surface area contributed by atoms with E-state index in [1.54, 1.807) is 12.1 Å². The number of nitrogens with one attached hydrogen (secondary N) is 1. The van der Waals surface area contributed by atoms with E-state index in [0.29, 0.717) is 16.3 Å². The first-order valence-electron chi connectivity index (χ1n) is 10.1. The quantitative estimate of drug-likeness (QED) is 0.595. The van der Waals surface area contributed by atoms with Gasteiger partial charge in [-0.25, -0.2) is 4.39 Å². The lowest BCUT2D eigenvalue weighted by Crippen LogP contribution is -2.34. The number of halogens is 2. The molecule has 1 fully saturated rings. The number of nitrogens with zero attached hydrogens (tertiary/aromatic N) is 1. The summed E-state index contributed by atoms with van der Waals surface area (Å²) in [5, 5.41) is 3.42. The summed E-state index contributed by atoms with van der Waals surface area (Å²) in [6.07, 6.45) is 2.55. The van der Waals surface area contributed by atoms with Crippen LogP contribution in [0.5, 0.6) is 0 Å². The molecule has 0 bridgehead atoms. The molecule has 1 aliphatic rings. The molecule has 2 unspecified atom stereocenters. The Balaban J connectivity index is 1.48. The van der Waals surface area contributed by atoms with Gasteiger partial charge in [0, 0.05) is 35.1 Å². The molecule has 0 aliphatic carbocycles. The van der Waals surface area contributed by atoms with E-state index in [0.717, 1.165) is 24.6 Å². The third-order valence-electron chi connectivity index (χ3n) is 5.33. The SMILES string of the molecule is CC1CCCN(c2ccc(C(C)NC(=O)CSCc3c(F)cccc3Cl)cc2)C1. The molecule has 3 nitrogen and oxygen atoms in total. The predicted octanol–water partition coefficient (Wildman–Crippen LogP) is 5.83. The fourth-order valence-electron chi connectivity index (χ4n) is 3.68. The molecule has 1 aliphatic heterocycles. The highest BCUT2D eigenvalue weighted by molar-refractivity contribution is 7.99. The lowest BCUT2D eigenvalue weighted by Gasteiger charge is -2.33. The van der Waals surface area contributed by atoms with E-state index in [2.05, 4.69) is 41.4 Å². The average Bonchev–Trinajstić information content (AvgIpc) is 2.70. The normalized spacial score (nSPS) is 17.8. The monoisotopic (exact) mass is 434 g/mol. The number of hydrogen-bond donors (Lipinski definition) is 1. The first-order valence-corrected chi connectivity index (χ1v) is 11.6. The predicted molar refractivity (Wildman–Crippen MR) is 121 cm³/mol. The van der Waals surface area contributed by atoms with E-state index in [1.807, 2.05) is 6.92 Å². The zero-order valence-corrected chi connectivity index (χ0v) is 18.5. The molecule has 2 atom stereocenters. The van der Waals surface area contributed by atoms with Crippen molar-refractivity contribution in [1.82, 2.24) is 5.32 Å². The molecule has 1 heterocycles. The van der Waals surface area contributed by atoms with Crippen LogP contribution >= 0.6 is 23.4 Å². The van der Waals surface area contributed by atoms with Crippen molar-refractivity contribution in [2.75, 3.05) is 23.7 Å². The second-order valence-electron chi connectivity index (χ2n) is 7.77. The minimum atomic E-state index is -0.332. The molecule has 1 N–H and O–H groups in total. The molecule has 0 saturated carbocycles. The Hall–Kier alpha value is -1.72. The topological polar surface area (TPSA) is 32.3 Å². The van der Waals surface area contributed by atoms with Crippen molar-refractivity contribution in [2.24, 2.45) is 5.92 Å². The number of amides is 1. The molecule has 156 valence electrons. The highest BCUT2D eigenvalue weighted by Gasteiger charge is 2.17. The Morgan fingerprint density at radius 3 is 2.76 bits per heavy atom. The smallest absolute Gasteiger partial charge is 0.230 e. The summed E-state index contributed by atoms with van der Waals surface area (Å²) in [5.41, 5.74) is 2.77. The lowest BCUT2D eigenvalue weighted by atomic mass is 9.99. The van der Waals surface area contributed by atoms with Gasteiger partial charge in [0.15, 0.2) is 0 Å². The second kappa shape index (κ2) is 10.4. The van der Waals surface area contributed by atoms with Gasteiger partial charge in [0.25, 0.3) is 0 Å². The molecule has 0 aromatic heterocycles. The number of piperidine rings is 1. The van der Waals surface area contributed by atoms with Gasteiger partial charge < -0.3 is 10.2 Å². The summed E-state index contributed by atoms with van der Waals surface area (Å²) < 4.78 is 13.8. The molecule has 2 aromatic rings. The highest BCUT2D eigenvalue weighted by atomic mass is 35.5. The van der Waals surface area contributed by atoms with Gasteiger partial charge in [0.05, 0.1) is 11.8 Å². The van der Waals surface area contributed by atoms with E-state index in [1.165, 1.54) is 36.4 Å². The van der Waals surface area contributed by atoms with Crippen LogP contribution in [0.15, 0.2) is 42.5 Å². The van der Waals surface area contributed by atoms with Crippen LogP contribution in [0.4, 0.5) is 10.1 Å². The third-order valence-corrected chi connectivity index (χ3v) is 6.65. The zero-order chi connectivity index (χ0) is 20.8. The van der Waals surface area contributed by atoms with E-state index < -0.39 is 0 Å². The maximum absolute atomic E-state index is 13.8. The molecule has 0 radical (unpaired) electrons. The van der Waals surface area contributed by atoms with Crippen LogP contribution in [-0.4, -0.2) is 24.7 Å². The summed E-state index contributed by atoms with van der Waals surface area (Å²) in [6.45, 7) is 6.50. The van der Waals surface area contributed by atoms with Crippen molar-refractivity contribution >= 4 is 35.0 Å². The van der Waals surface area contributed by atoms with Crippen molar-refractivity contribution in [3.63, 3.8) is 0 Å². The summed E-state index contributed by atoms with van der Waals surface area (Å²) in [6, 6.07) is 13.0. The molecule has 6 heteroatoms. The Labute approximate surface area is 182 Å². The van der Waals surface area contributed by atoms with E-state index in [-0.39, 0.29) is 23.5 Å². The Morgan fingerprint density at radius 1 is 1.31 bits per heavy atom. The van der Waals surface area contributed by atoms with Gasteiger partial charge in [0.1, 0.15) is 5.82 Å². The molecule has 1 amide bonds. The minimum Gasteiger partial charge on any atom is -0.371 e. The van der Waals surface area contributed by atoms with Crippen molar-refractivity contribution in [3.8, 4) is 0 Å². The van der Waals surface area contributed by atoms with Crippen LogP contribution in [0.2, 0.25) is 5.02 Å². The van der Waals surface area contributed by atoms with Gasteiger partial charge in [-0.1, -0.05) is 36.7 Å². The Morgan fingerprint density at radius 2 is 2.07 bits per heavy atom. The fraction of sp³-hybridized carbons (Fsp3) is 0.435. The van der Waals surface area contributed by atoms with Crippen LogP contribution in [-0.2, 0) is 10.5 Å². The summed E-state index contributed by atoms with van der Waals surface area (Å²) in [5.74, 6) is 0.971. The van der Waals surface area contributed by atoms with Gasteiger partial charge in [-0.3, -0.25) is 4.79 Å². The van der Waals surface area contributed by atoms with Gasteiger partial charge >= 0.3 is 0 Å². The van der Waals surface area contributed by atoms with Crippen molar-refractivity contribution in [1.29, 1.82) is 0 Å². The number of rotatable bonds is 7. The zero-order valence-electron chi connectivity index (χ0n) is 17.0. The van der Waals surface area contributed by atoms with E-state index in [4.69, 9.17) is 11.6 Å². The van der Waals surface area contributed by atoms with Crippen LogP contribution in [0.25, 0.3) is 0 Å². The maximum Gasteiger partial charge on any atom is 0.230 e. The number of benzene rings is 2. The van der Waals surface area contributed by atoms with E-state index in [9.17, 15) is 9.18 Å². The second-order valence-corrected chi connectivity index (χ2v) is 9.16. The fourth-order valence-corrected chi connectivity index (χ4v) is 4.86. The number of hydrogen-bond acceptors (Lipinski definition) is 3. The highest BCUT2D eigenvalue weighted by Crippen LogP contribution is 2.26. The Bertz CT molecular complexity index is 810. The standard InChI is InChI=1S/C23H28ClFN2OS/c1-16-5-4-12-27(13-16)19-10-8-18(9-11-19)17(2)26-23(28)15-29-14-20-21(24)6-3-7-22(20)25/h3,6-11,16-17H,4-5,12-15H2,1-2H3,(H,26,28). The molecule has 0 spiro atoms. The summed E-state index contributed by atoms with van der Waals surface area (Å²) in [7, 11) is 0. The lowest BCUT2D eigenvalue weighted by molar-refractivity contribution is -0.119. The van der Waals surface area contributed by atoms with Gasteiger partial charge in [-0.15, -0.1) is 11.8 Å². The molecule has 29 heavy (non-hydrogen) atoms. The van der Waals surface area contributed by atoms with Crippen molar-refractivity contribution in [3.05, 3.63) is 64.4 Å². The first kappa shape index (κ1) is 22.0. The molecule has 2 aromatic carbocycles. The molecular weight excluding hydrogens is 407 g/mol. The number of thioether (sulfide) groups is 1. The minimum absolute atomic E-state index is 0.0658. The summed E-state index contributed by atoms with van der Waals surface area (Å²) in [4.78, 5) is 14.7. The van der Waals surface area contributed by atoms with Crippen LogP contribution in [0, 0.1) is 11.7 Å². The molecular formula is C23H28ClFN2OS. The summed E-state index contributed by atoms with van der Waals surface area (Å²) >= 11 is 7.39. The molecule has 3 rings (SSSR count). The van der Waals surface area contributed by atoms with Crippen LogP contribution in [0.1, 0.15) is 43.9 Å². The van der Waals surface area contributed by atoms with Gasteiger partial charge in [0.2, 0.25) is 5.91 Å². The number of carbonyl (C=O) groups is 1. The third kappa shape index (κ3) is 6.13. The van der Waals surface area contributed by atoms with Gasteiger partial charge in [-0.2, -0.15) is 0 Å². The van der Waals surface area contributed by atoms with Crippen molar-refractivity contribution < 1.29 is 9.18 Å². The number of anilines is 1. The first-order chi connectivity index (χ1) is 13.9. The maximum atomic E-state index is 13.8.